The van der Waals surface area contributed by atoms with Crippen molar-refractivity contribution in [1.29, 1.82) is 0 Å². The smallest absolute Gasteiger partial charge is 0.303 e. The second-order valence-corrected chi connectivity index (χ2v) is 11.0. The molecule has 0 amide bonds. The predicted molar refractivity (Wildman–Crippen MR) is 163 cm³/mol. The highest BCUT2D eigenvalue weighted by atomic mass is 16.7. The van der Waals surface area contributed by atoms with E-state index < -0.39 is 72.6 Å². The molecule has 3 aromatic carbocycles. The second-order valence-electron chi connectivity index (χ2n) is 11.0. The van der Waals surface area contributed by atoms with Gasteiger partial charge in [0.2, 0.25) is 0 Å². The first-order valence-electron chi connectivity index (χ1n) is 14.7. The number of esters is 4. The van der Waals surface area contributed by atoms with Crippen LogP contribution in [0.3, 0.4) is 0 Å². The number of carbonyl (C=O) groups is 6. The Kier molecular flexibility index (Phi) is 9.52. The van der Waals surface area contributed by atoms with E-state index in [0.717, 1.165) is 20.8 Å². The molecule has 12 heteroatoms. The molecule has 5 atom stereocenters. The Labute approximate surface area is 269 Å². The molecular weight excluding hydrogens is 612 g/mol. The van der Waals surface area contributed by atoms with Crippen LogP contribution < -0.4 is 4.74 Å². The number of hydrogen-bond acceptors (Lipinski definition) is 12. The van der Waals surface area contributed by atoms with Crippen molar-refractivity contribution < 1.29 is 57.2 Å². The third kappa shape index (κ3) is 6.63. The van der Waals surface area contributed by atoms with E-state index in [0.29, 0.717) is 16.9 Å². The van der Waals surface area contributed by atoms with Gasteiger partial charge in [0, 0.05) is 49.9 Å². The van der Waals surface area contributed by atoms with Gasteiger partial charge in [-0.25, -0.2) is 0 Å². The fraction of sp³-hybridized carbons (Fsp3) is 0.314. The predicted octanol–water partition coefficient (Wildman–Crippen LogP) is 3.94. The molecular formula is C35H32O12. The van der Waals surface area contributed by atoms with Crippen molar-refractivity contribution in [3.8, 4) is 16.9 Å². The van der Waals surface area contributed by atoms with E-state index in [-0.39, 0.29) is 27.8 Å². The molecule has 244 valence electrons. The fourth-order valence-corrected chi connectivity index (χ4v) is 5.97. The Hall–Kier alpha value is -5.36. The number of ether oxygens (including phenoxy) is 6. The minimum absolute atomic E-state index is 0.0112. The first-order chi connectivity index (χ1) is 22.4. The normalized spacial score (nSPS) is 21.5. The van der Waals surface area contributed by atoms with Crippen LogP contribution in [0.1, 0.15) is 71.2 Å². The Morgan fingerprint density at radius 3 is 1.74 bits per heavy atom. The molecule has 0 aromatic heterocycles. The van der Waals surface area contributed by atoms with E-state index in [4.69, 9.17) is 28.4 Å². The summed E-state index contributed by atoms with van der Waals surface area (Å²) in [7, 11) is 1.53. The summed E-state index contributed by atoms with van der Waals surface area (Å²) in [6, 6.07) is 16.5. The van der Waals surface area contributed by atoms with Crippen LogP contribution in [0.5, 0.6) is 5.75 Å². The summed E-state index contributed by atoms with van der Waals surface area (Å²) in [5.41, 5.74) is 1.65. The average molecular weight is 645 g/mol. The summed E-state index contributed by atoms with van der Waals surface area (Å²) in [4.78, 5) is 77.4. The van der Waals surface area contributed by atoms with Gasteiger partial charge in [0.15, 0.2) is 29.9 Å². The summed E-state index contributed by atoms with van der Waals surface area (Å²) >= 11 is 0. The van der Waals surface area contributed by atoms with E-state index in [1.165, 1.54) is 20.1 Å². The van der Waals surface area contributed by atoms with Crippen molar-refractivity contribution in [1.82, 2.24) is 0 Å². The molecule has 0 bridgehead atoms. The summed E-state index contributed by atoms with van der Waals surface area (Å²) in [6.07, 6.45) is -6.92. The molecule has 0 saturated carbocycles. The van der Waals surface area contributed by atoms with E-state index >= 15 is 0 Å². The molecule has 2 aliphatic rings. The molecule has 0 unspecified atom stereocenters. The van der Waals surface area contributed by atoms with Crippen molar-refractivity contribution in [3.05, 3.63) is 88.5 Å². The minimum atomic E-state index is -1.47. The van der Waals surface area contributed by atoms with Crippen LogP contribution in [0.15, 0.2) is 60.7 Å². The van der Waals surface area contributed by atoms with E-state index in [9.17, 15) is 28.8 Å². The largest absolute Gasteiger partial charge is 0.497 e. The fourth-order valence-electron chi connectivity index (χ4n) is 5.97. The van der Waals surface area contributed by atoms with E-state index in [1.807, 2.05) is 0 Å². The summed E-state index contributed by atoms with van der Waals surface area (Å²) < 4.78 is 33.6. The lowest BCUT2D eigenvalue weighted by Gasteiger charge is -2.45. The zero-order valence-corrected chi connectivity index (χ0v) is 26.3. The van der Waals surface area contributed by atoms with Gasteiger partial charge in [0.25, 0.3) is 0 Å². The molecule has 3 aromatic rings. The van der Waals surface area contributed by atoms with Crippen LogP contribution in [0.4, 0.5) is 0 Å². The topological polar surface area (TPSA) is 158 Å². The number of methoxy groups -OCH3 is 1. The summed E-state index contributed by atoms with van der Waals surface area (Å²) in [5, 5.41) is 0. The van der Waals surface area contributed by atoms with Crippen molar-refractivity contribution in [2.75, 3.05) is 13.7 Å². The third-order valence-corrected chi connectivity index (χ3v) is 7.81. The van der Waals surface area contributed by atoms with Gasteiger partial charge in [-0.1, -0.05) is 48.5 Å². The quantitative estimate of drug-likeness (QED) is 0.201. The monoisotopic (exact) mass is 644 g/mol. The van der Waals surface area contributed by atoms with Gasteiger partial charge in [0.05, 0.1) is 7.11 Å². The van der Waals surface area contributed by atoms with Crippen molar-refractivity contribution in [2.24, 2.45) is 0 Å². The molecule has 1 aliphatic carbocycles. The van der Waals surface area contributed by atoms with E-state index in [1.54, 1.807) is 54.6 Å². The van der Waals surface area contributed by atoms with Crippen LogP contribution in [0.25, 0.3) is 11.1 Å². The van der Waals surface area contributed by atoms with Crippen molar-refractivity contribution in [3.63, 3.8) is 0 Å². The van der Waals surface area contributed by atoms with Crippen LogP contribution >= 0.6 is 0 Å². The maximum Gasteiger partial charge on any atom is 0.303 e. The molecule has 0 N–H and O–H groups in total. The lowest BCUT2D eigenvalue weighted by molar-refractivity contribution is -0.254. The number of carbonyl (C=O) groups excluding carboxylic acids is 6. The van der Waals surface area contributed by atoms with Gasteiger partial charge in [0.1, 0.15) is 24.6 Å². The van der Waals surface area contributed by atoms with Gasteiger partial charge in [-0.3, -0.25) is 28.8 Å². The molecule has 0 spiro atoms. The van der Waals surface area contributed by atoms with Crippen LogP contribution in [-0.4, -0.2) is 73.6 Å². The Bertz CT molecular complexity index is 1760. The van der Waals surface area contributed by atoms with Crippen molar-refractivity contribution in [2.45, 2.75) is 58.2 Å². The Morgan fingerprint density at radius 1 is 0.638 bits per heavy atom. The zero-order valence-electron chi connectivity index (χ0n) is 26.3. The standard InChI is InChI=1S/C35H32O12/c1-17(36)43-16-27-33(44-18(2)37)35(46-20(4)39)34(45-19(3)38)32(47-27)26-15-14-23(21-10-12-22(42-5)13-11-21)28-29(26)31(41)25-9-7-6-8-24(25)30(28)40/h6-15,27,32-35H,16H2,1-5H3/t27-,32+,33-,34-,35+/m1/s1. The molecule has 1 heterocycles. The van der Waals surface area contributed by atoms with Crippen LogP contribution in [0.2, 0.25) is 0 Å². The Balaban J connectivity index is 1.76. The minimum Gasteiger partial charge on any atom is -0.497 e. The third-order valence-electron chi connectivity index (χ3n) is 7.81. The van der Waals surface area contributed by atoms with Gasteiger partial charge >= 0.3 is 23.9 Å². The number of rotatable bonds is 8. The highest BCUT2D eigenvalue weighted by Gasteiger charge is 2.53. The first-order valence-corrected chi connectivity index (χ1v) is 14.7. The maximum atomic E-state index is 14.3. The molecule has 0 radical (unpaired) electrons. The van der Waals surface area contributed by atoms with Gasteiger partial charge in [-0.05, 0) is 28.8 Å². The first kappa shape index (κ1) is 33.0. The summed E-state index contributed by atoms with van der Waals surface area (Å²) in [5.74, 6) is -3.37. The highest BCUT2D eigenvalue weighted by molar-refractivity contribution is 6.30. The molecule has 5 rings (SSSR count). The number of hydrogen-bond donors (Lipinski definition) is 0. The molecule has 1 saturated heterocycles. The van der Waals surface area contributed by atoms with Gasteiger partial charge < -0.3 is 28.4 Å². The van der Waals surface area contributed by atoms with Gasteiger partial charge in [-0.2, -0.15) is 0 Å². The van der Waals surface area contributed by atoms with Crippen molar-refractivity contribution >= 4 is 35.4 Å². The SMILES string of the molecule is COc1ccc(-c2ccc([C@@H]3O[C@H](COC(C)=O)[C@@H](OC(C)=O)[C@H](OC(C)=O)[C@@H]3OC(C)=O)c3c2C(=O)c2ccccc2C3=O)cc1. The second kappa shape index (κ2) is 13.6. The Morgan fingerprint density at radius 2 is 1.19 bits per heavy atom. The molecule has 1 fully saturated rings. The van der Waals surface area contributed by atoms with Crippen LogP contribution in [0, 0.1) is 0 Å². The molecule has 47 heavy (non-hydrogen) atoms. The molecule has 1 aliphatic heterocycles. The maximum absolute atomic E-state index is 14.3. The van der Waals surface area contributed by atoms with Gasteiger partial charge in [-0.15, -0.1) is 0 Å². The lowest BCUT2D eigenvalue weighted by atomic mass is 9.76. The summed E-state index contributed by atoms with van der Waals surface area (Å²) in [6.45, 7) is 4.09. The van der Waals surface area contributed by atoms with Crippen LogP contribution in [-0.2, 0) is 42.9 Å². The number of ketones is 2. The highest BCUT2D eigenvalue weighted by Crippen LogP contribution is 2.44. The zero-order chi connectivity index (χ0) is 34.0. The number of fused-ring (bicyclic) bond motifs is 2. The lowest BCUT2D eigenvalue weighted by Crippen LogP contribution is -2.59. The van der Waals surface area contributed by atoms with E-state index in [2.05, 4.69) is 0 Å². The number of benzene rings is 3. The molecule has 12 nitrogen and oxygen atoms in total. The average Bonchev–Trinajstić information content (AvgIpc) is 3.03.